The Labute approximate surface area is 105 Å². The first-order valence-electron chi connectivity index (χ1n) is 6.69. The summed E-state index contributed by atoms with van der Waals surface area (Å²) >= 11 is 0. The summed E-state index contributed by atoms with van der Waals surface area (Å²) in [6.45, 7) is 4.52. The van der Waals surface area contributed by atoms with E-state index >= 15 is 0 Å². The molecule has 2 nitrogen and oxygen atoms in total. The molecule has 1 aromatic carbocycles. The predicted molar refractivity (Wildman–Crippen MR) is 73.1 cm³/mol. The Morgan fingerprint density at radius 3 is 2.41 bits per heavy atom. The van der Waals surface area contributed by atoms with Crippen LogP contribution in [0.25, 0.3) is 0 Å². The maximum absolute atomic E-state index is 3.69. The second-order valence-electron chi connectivity index (χ2n) is 5.40. The van der Waals surface area contributed by atoms with Gasteiger partial charge in [0.05, 0.1) is 0 Å². The van der Waals surface area contributed by atoms with Gasteiger partial charge in [0.25, 0.3) is 0 Å². The molecule has 0 heterocycles. The zero-order chi connectivity index (χ0) is 12.1. The molecule has 0 aromatic heterocycles. The molecule has 1 aliphatic carbocycles. The highest BCUT2D eigenvalue weighted by Crippen LogP contribution is 2.40. The zero-order valence-corrected chi connectivity index (χ0v) is 11.0. The van der Waals surface area contributed by atoms with Crippen molar-refractivity contribution >= 4 is 0 Å². The lowest BCUT2D eigenvalue weighted by Gasteiger charge is -2.43. The Balaban J connectivity index is 1.85. The second-order valence-corrected chi connectivity index (χ2v) is 5.40. The molecule has 1 fully saturated rings. The normalized spacial score (nSPS) is 19.6. The zero-order valence-electron chi connectivity index (χ0n) is 11.0. The fraction of sp³-hybridized carbons (Fsp3) is 0.600. The summed E-state index contributed by atoms with van der Waals surface area (Å²) in [5, 5.41) is 7.02. The van der Waals surface area contributed by atoms with Crippen molar-refractivity contribution < 1.29 is 0 Å². The fourth-order valence-corrected chi connectivity index (χ4v) is 2.70. The van der Waals surface area contributed by atoms with Crippen LogP contribution in [0.2, 0.25) is 0 Å². The minimum absolute atomic E-state index is 0.450. The summed E-state index contributed by atoms with van der Waals surface area (Å²) in [6, 6.07) is 11.1. The van der Waals surface area contributed by atoms with Crippen molar-refractivity contribution in [2.24, 2.45) is 5.41 Å². The first-order chi connectivity index (χ1) is 8.26. The molecule has 2 rings (SSSR count). The van der Waals surface area contributed by atoms with Crippen LogP contribution < -0.4 is 10.6 Å². The molecular formula is C15H24N2. The molecule has 0 radical (unpaired) electrons. The minimum Gasteiger partial charge on any atom is -0.319 e. The van der Waals surface area contributed by atoms with Gasteiger partial charge in [0.15, 0.2) is 0 Å². The van der Waals surface area contributed by atoms with Crippen molar-refractivity contribution in [2.75, 3.05) is 20.1 Å². The van der Waals surface area contributed by atoms with E-state index in [1.807, 2.05) is 0 Å². The van der Waals surface area contributed by atoms with Crippen molar-refractivity contribution in [3.05, 3.63) is 35.9 Å². The van der Waals surface area contributed by atoms with Crippen LogP contribution in [0, 0.1) is 5.41 Å². The quantitative estimate of drug-likeness (QED) is 0.788. The molecule has 2 N–H and O–H groups in total. The minimum atomic E-state index is 0.450. The molecule has 0 saturated heterocycles. The maximum atomic E-state index is 3.69. The summed E-state index contributed by atoms with van der Waals surface area (Å²) in [4.78, 5) is 0. The Bertz CT molecular complexity index is 330. The van der Waals surface area contributed by atoms with Gasteiger partial charge in [-0.2, -0.15) is 0 Å². The molecule has 0 aliphatic heterocycles. The second kappa shape index (κ2) is 5.65. The highest BCUT2D eigenvalue weighted by molar-refractivity contribution is 5.18. The smallest absolute Gasteiger partial charge is 0.0292 e. The highest BCUT2D eigenvalue weighted by Gasteiger charge is 2.36. The monoisotopic (exact) mass is 232 g/mol. The third-order valence-electron chi connectivity index (χ3n) is 4.05. The molecule has 0 spiro atoms. The molecule has 1 atom stereocenters. The maximum Gasteiger partial charge on any atom is 0.0292 e. The van der Waals surface area contributed by atoms with E-state index in [-0.39, 0.29) is 0 Å². The van der Waals surface area contributed by atoms with E-state index in [0.29, 0.717) is 11.5 Å². The molecule has 1 aromatic rings. The van der Waals surface area contributed by atoms with Crippen LogP contribution in [0.15, 0.2) is 30.3 Å². The topological polar surface area (TPSA) is 24.1 Å². The van der Waals surface area contributed by atoms with Gasteiger partial charge in [-0.1, -0.05) is 36.8 Å². The van der Waals surface area contributed by atoms with Gasteiger partial charge in [0.2, 0.25) is 0 Å². The van der Waals surface area contributed by atoms with Crippen molar-refractivity contribution in [3.63, 3.8) is 0 Å². The molecule has 0 bridgehead atoms. The average molecular weight is 232 g/mol. The van der Waals surface area contributed by atoms with E-state index in [4.69, 9.17) is 0 Å². The van der Waals surface area contributed by atoms with Gasteiger partial charge in [0, 0.05) is 19.1 Å². The van der Waals surface area contributed by atoms with Crippen molar-refractivity contribution in [1.82, 2.24) is 10.6 Å². The number of nitrogens with one attached hydrogen (secondary N) is 2. The van der Waals surface area contributed by atoms with Gasteiger partial charge in [-0.15, -0.1) is 0 Å². The summed E-state index contributed by atoms with van der Waals surface area (Å²) in [6.07, 6.45) is 4.12. The molecular weight excluding hydrogens is 208 g/mol. The van der Waals surface area contributed by atoms with E-state index in [2.05, 4.69) is 54.9 Å². The van der Waals surface area contributed by atoms with E-state index in [9.17, 15) is 0 Å². The van der Waals surface area contributed by atoms with Crippen LogP contribution in [0.5, 0.6) is 0 Å². The lowest BCUT2D eigenvalue weighted by Crippen LogP contribution is -2.46. The Morgan fingerprint density at radius 1 is 1.18 bits per heavy atom. The van der Waals surface area contributed by atoms with E-state index in [1.165, 1.54) is 24.8 Å². The van der Waals surface area contributed by atoms with Crippen LogP contribution >= 0.6 is 0 Å². The number of hydrogen-bond donors (Lipinski definition) is 2. The predicted octanol–water partition coefficient (Wildman–Crippen LogP) is 2.73. The first kappa shape index (κ1) is 12.6. The first-order valence-corrected chi connectivity index (χ1v) is 6.69. The van der Waals surface area contributed by atoms with Crippen LogP contribution in [0.3, 0.4) is 0 Å². The molecule has 17 heavy (non-hydrogen) atoms. The van der Waals surface area contributed by atoms with Crippen LogP contribution in [0.1, 0.15) is 37.8 Å². The van der Waals surface area contributed by atoms with E-state index in [0.717, 1.165) is 13.1 Å². The standard InChI is InChI=1S/C15H24N2/c1-13(14-7-4-3-5-8-14)17-12-15(11-16-2)9-6-10-15/h3-5,7-8,13,16-17H,6,9-12H2,1-2H3. The Hall–Kier alpha value is -0.860. The Morgan fingerprint density at radius 2 is 1.88 bits per heavy atom. The van der Waals surface area contributed by atoms with Crippen LogP contribution in [-0.4, -0.2) is 20.1 Å². The Kier molecular flexibility index (Phi) is 4.19. The number of rotatable bonds is 6. The van der Waals surface area contributed by atoms with Gasteiger partial charge in [-0.05, 0) is 37.8 Å². The third-order valence-corrected chi connectivity index (χ3v) is 4.05. The molecule has 1 aliphatic rings. The van der Waals surface area contributed by atoms with Gasteiger partial charge >= 0.3 is 0 Å². The van der Waals surface area contributed by atoms with Gasteiger partial charge < -0.3 is 10.6 Å². The lowest BCUT2D eigenvalue weighted by atomic mass is 9.68. The van der Waals surface area contributed by atoms with Crippen molar-refractivity contribution in [2.45, 2.75) is 32.2 Å². The largest absolute Gasteiger partial charge is 0.319 e. The van der Waals surface area contributed by atoms with Crippen LogP contribution in [0.4, 0.5) is 0 Å². The fourth-order valence-electron chi connectivity index (χ4n) is 2.70. The summed E-state index contributed by atoms with van der Waals surface area (Å²) in [5.41, 5.74) is 1.89. The molecule has 2 heteroatoms. The summed E-state index contributed by atoms with van der Waals surface area (Å²) in [5.74, 6) is 0. The molecule has 0 amide bonds. The SMILES string of the molecule is CNCC1(CNC(C)c2ccccc2)CCC1. The lowest BCUT2D eigenvalue weighted by molar-refractivity contribution is 0.126. The third kappa shape index (κ3) is 3.08. The van der Waals surface area contributed by atoms with Crippen molar-refractivity contribution in [1.29, 1.82) is 0 Å². The van der Waals surface area contributed by atoms with E-state index in [1.54, 1.807) is 0 Å². The molecule has 94 valence electrons. The summed E-state index contributed by atoms with van der Waals surface area (Å²) in [7, 11) is 2.06. The highest BCUT2D eigenvalue weighted by atomic mass is 14.9. The van der Waals surface area contributed by atoms with Crippen LogP contribution in [-0.2, 0) is 0 Å². The van der Waals surface area contributed by atoms with Gasteiger partial charge in [-0.3, -0.25) is 0 Å². The average Bonchev–Trinajstić information content (AvgIpc) is 2.33. The number of hydrogen-bond acceptors (Lipinski definition) is 2. The summed E-state index contributed by atoms with van der Waals surface area (Å²) < 4.78 is 0. The number of benzene rings is 1. The molecule has 1 unspecified atom stereocenters. The van der Waals surface area contributed by atoms with Gasteiger partial charge in [-0.25, -0.2) is 0 Å². The molecule has 1 saturated carbocycles. The van der Waals surface area contributed by atoms with Gasteiger partial charge in [0.1, 0.15) is 0 Å². The van der Waals surface area contributed by atoms with Crippen molar-refractivity contribution in [3.8, 4) is 0 Å². The van der Waals surface area contributed by atoms with E-state index < -0.39 is 0 Å².